The van der Waals surface area contributed by atoms with Gasteiger partial charge in [-0.1, -0.05) is 15.9 Å². The number of hydroxylamine groups is 1. The van der Waals surface area contributed by atoms with E-state index in [1.807, 2.05) is 12.1 Å². The lowest BCUT2D eigenvalue weighted by molar-refractivity contribution is -0.133. The average Bonchev–Trinajstić information content (AvgIpc) is 2.69. The van der Waals surface area contributed by atoms with Gasteiger partial charge in [0.2, 0.25) is 10.0 Å². The van der Waals surface area contributed by atoms with Crippen molar-refractivity contribution >= 4 is 31.9 Å². The molecule has 2 aromatic rings. The van der Waals surface area contributed by atoms with Crippen molar-refractivity contribution in [1.29, 1.82) is 0 Å². The van der Waals surface area contributed by atoms with Crippen LogP contribution in [0, 0.1) is 0 Å². The van der Waals surface area contributed by atoms with Crippen molar-refractivity contribution in [3.05, 3.63) is 53.0 Å². The van der Waals surface area contributed by atoms with Gasteiger partial charge in [-0.25, -0.2) is 13.9 Å². The van der Waals surface area contributed by atoms with Gasteiger partial charge in [0.15, 0.2) is 0 Å². The second kappa shape index (κ2) is 8.36. The van der Waals surface area contributed by atoms with Crippen molar-refractivity contribution in [2.24, 2.45) is 0 Å². The summed E-state index contributed by atoms with van der Waals surface area (Å²) >= 11 is 3.34. The van der Waals surface area contributed by atoms with E-state index in [1.54, 1.807) is 24.3 Å². The molecular weight excluding hydrogens is 438 g/mol. The van der Waals surface area contributed by atoms with Crippen molar-refractivity contribution in [1.82, 2.24) is 15.1 Å². The van der Waals surface area contributed by atoms with E-state index in [-0.39, 0.29) is 18.0 Å². The molecule has 0 bridgehead atoms. The van der Waals surface area contributed by atoms with Gasteiger partial charge in [0.05, 0.1) is 4.90 Å². The Hall–Kier alpha value is -1.98. The van der Waals surface area contributed by atoms with Crippen molar-refractivity contribution < 1.29 is 23.2 Å². The lowest BCUT2D eigenvalue weighted by Crippen LogP contribution is -2.59. The molecule has 8 nitrogen and oxygen atoms in total. The molecule has 0 unspecified atom stereocenters. The first kappa shape index (κ1) is 19.8. The lowest BCUT2D eigenvalue weighted by Gasteiger charge is -2.33. The summed E-state index contributed by atoms with van der Waals surface area (Å²) in [6.45, 7) is 0.660. The van der Waals surface area contributed by atoms with Gasteiger partial charge in [0.25, 0.3) is 5.91 Å². The molecule has 144 valence electrons. The van der Waals surface area contributed by atoms with E-state index >= 15 is 0 Å². The number of sulfonamides is 1. The van der Waals surface area contributed by atoms with Crippen LogP contribution in [0.15, 0.2) is 57.9 Å². The first-order valence-corrected chi connectivity index (χ1v) is 10.3. The standard InChI is InChI=1S/C17H18BrN3O5S/c18-12-1-3-13(4-2-12)26-14-5-7-15(8-6-14)27(24,25)21-10-9-19-11-16(21)17(22)20-23/h1-8,16,19,23H,9-11H2,(H,20,22)/t16-/m0/s1. The second-order valence-corrected chi connectivity index (χ2v) is 8.65. The summed E-state index contributed by atoms with van der Waals surface area (Å²) in [5, 5.41) is 11.8. The van der Waals surface area contributed by atoms with E-state index in [0.29, 0.717) is 18.0 Å². The highest BCUT2D eigenvalue weighted by molar-refractivity contribution is 9.10. The van der Waals surface area contributed by atoms with Crippen molar-refractivity contribution in [3.63, 3.8) is 0 Å². The Labute approximate surface area is 165 Å². The predicted molar refractivity (Wildman–Crippen MR) is 101 cm³/mol. The number of ether oxygens (including phenoxy) is 1. The number of piperazine rings is 1. The topological polar surface area (TPSA) is 108 Å². The molecule has 3 rings (SSSR count). The van der Waals surface area contributed by atoms with E-state index in [0.717, 1.165) is 8.78 Å². The van der Waals surface area contributed by atoms with Crippen LogP contribution >= 0.6 is 15.9 Å². The predicted octanol–water partition coefficient (Wildman–Crippen LogP) is 1.71. The molecule has 2 aromatic carbocycles. The van der Waals surface area contributed by atoms with Gasteiger partial charge in [-0.05, 0) is 48.5 Å². The van der Waals surface area contributed by atoms with Crippen LogP contribution < -0.4 is 15.5 Å². The quantitative estimate of drug-likeness (QED) is 0.467. The molecule has 1 fully saturated rings. The number of benzene rings is 2. The Morgan fingerprint density at radius 2 is 1.74 bits per heavy atom. The summed E-state index contributed by atoms with van der Waals surface area (Å²) in [4.78, 5) is 11.9. The first-order valence-electron chi connectivity index (χ1n) is 8.12. The minimum atomic E-state index is -3.90. The van der Waals surface area contributed by atoms with Gasteiger partial charge in [0, 0.05) is 24.1 Å². The first-order chi connectivity index (χ1) is 12.9. The highest BCUT2D eigenvalue weighted by atomic mass is 79.9. The molecule has 1 aliphatic heterocycles. The highest BCUT2D eigenvalue weighted by Crippen LogP contribution is 2.26. The van der Waals surface area contributed by atoms with Crippen molar-refractivity contribution in [2.75, 3.05) is 19.6 Å². The van der Waals surface area contributed by atoms with Crippen LogP contribution in [0.2, 0.25) is 0 Å². The maximum Gasteiger partial charge on any atom is 0.263 e. The smallest absolute Gasteiger partial charge is 0.263 e. The molecule has 0 aliphatic carbocycles. The number of halogens is 1. The molecule has 1 aliphatic rings. The molecule has 0 saturated carbocycles. The third kappa shape index (κ3) is 4.47. The minimum absolute atomic E-state index is 0.0447. The maximum atomic E-state index is 12.9. The van der Waals surface area contributed by atoms with Crippen LogP contribution in [0.5, 0.6) is 11.5 Å². The van der Waals surface area contributed by atoms with Crippen molar-refractivity contribution in [3.8, 4) is 11.5 Å². The summed E-state index contributed by atoms with van der Waals surface area (Å²) in [5.41, 5.74) is 1.52. The Morgan fingerprint density at radius 1 is 1.15 bits per heavy atom. The van der Waals surface area contributed by atoms with Crippen LogP contribution in [0.3, 0.4) is 0 Å². The number of hydrogen-bond donors (Lipinski definition) is 3. The van der Waals surface area contributed by atoms with E-state index in [4.69, 9.17) is 9.94 Å². The van der Waals surface area contributed by atoms with E-state index < -0.39 is 22.0 Å². The molecule has 27 heavy (non-hydrogen) atoms. The Bertz CT molecular complexity index is 903. The summed E-state index contributed by atoms with van der Waals surface area (Å²) in [6.07, 6.45) is 0. The molecule has 0 spiro atoms. The Morgan fingerprint density at radius 3 is 2.33 bits per heavy atom. The molecule has 1 heterocycles. The maximum absolute atomic E-state index is 12.9. The molecule has 0 radical (unpaired) electrons. The number of nitrogens with one attached hydrogen (secondary N) is 2. The van der Waals surface area contributed by atoms with E-state index in [9.17, 15) is 13.2 Å². The highest BCUT2D eigenvalue weighted by Gasteiger charge is 2.37. The van der Waals surface area contributed by atoms with Crippen LogP contribution in [0.1, 0.15) is 0 Å². The molecule has 3 N–H and O–H groups in total. The third-order valence-corrected chi connectivity index (χ3v) is 6.54. The Kier molecular flexibility index (Phi) is 6.12. The largest absolute Gasteiger partial charge is 0.457 e. The summed E-state index contributed by atoms with van der Waals surface area (Å²) < 4.78 is 33.5. The SMILES string of the molecule is O=C(NO)[C@@H]1CNCCN1S(=O)(=O)c1ccc(Oc2ccc(Br)cc2)cc1. The van der Waals surface area contributed by atoms with E-state index in [2.05, 4.69) is 21.2 Å². The minimum Gasteiger partial charge on any atom is -0.457 e. The van der Waals surface area contributed by atoms with Gasteiger partial charge in [-0.15, -0.1) is 0 Å². The second-order valence-electron chi connectivity index (χ2n) is 5.84. The summed E-state index contributed by atoms with van der Waals surface area (Å²) in [5.74, 6) is 0.331. The normalized spacial score (nSPS) is 18.1. The van der Waals surface area contributed by atoms with Crippen LogP contribution in [0.25, 0.3) is 0 Å². The van der Waals surface area contributed by atoms with E-state index in [1.165, 1.54) is 17.6 Å². The zero-order valence-corrected chi connectivity index (χ0v) is 16.5. The number of amides is 1. The van der Waals surface area contributed by atoms with Gasteiger partial charge in [0.1, 0.15) is 17.5 Å². The fourth-order valence-electron chi connectivity index (χ4n) is 2.73. The Balaban J connectivity index is 1.80. The number of nitrogens with zero attached hydrogens (tertiary/aromatic N) is 1. The zero-order valence-electron chi connectivity index (χ0n) is 14.1. The number of carbonyl (C=O) groups excluding carboxylic acids is 1. The van der Waals surface area contributed by atoms with Crippen molar-refractivity contribution in [2.45, 2.75) is 10.9 Å². The third-order valence-electron chi connectivity index (χ3n) is 4.09. The van der Waals surface area contributed by atoms with Crippen LogP contribution in [-0.4, -0.2) is 49.5 Å². The summed E-state index contributed by atoms with van der Waals surface area (Å²) in [7, 11) is -3.90. The molecule has 10 heteroatoms. The molecule has 1 atom stereocenters. The summed E-state index contributed by atoms with van der Waals surface area (Å²) in [6, 6.07) is 12.2. The monoisotopic (exact) mass is 455 g/mol. The molecule has 1 amide bonds. The fraction of sp³-hybridized carbons (Fsp3) is 0.235. The zero-order chi connectivity index (χ0) is 19.4. The average molecular weight is 456 g/mol. The van der Waals surface area contributed by atoms with Gasteiger partial charge >= 0.3 is 0 Å². The number of rotatable bonds is 5. The van der Waals surface area contributed by atoms with Crippen LogP contribution in [-0.2, 0) is 14.8 Å². The van der Waals surface area contributed by atoms with Gasteiger partial charge < -0.3 is 10.1 Å². The number of carbonyl (C=O) groups is 1. The number of hydrogen-bond acceptors (Lipinski definition) is 6. The van der Waals surface area contributed by atoms with Crippen LogP contribution in [0.4, 0.5) is 0 Å². The fourth-order valence-corrected chi connectivity index (χ4v) is 4.58. The molecule has 1 saturated heterocycles. The lowest BCUT2D eigenvalue weighted by atomic mass is 10.2. The molecular formula is C17H18BrN3O5S. The molecule has 0 aromatic heterocycles. The van der Waals surface area contributed by atoms with Gasteiger partial charge in [-0.3, -0.25) is 10.0 Å². The van der Waals surface area contributed by atoms with Gasteiger partial charge in [-0.2, -0.15) is 4.31 Å².